The van der Waals surface area contributed by atoms with Gasteiger partial charge in [0.25, 0.3) is 0 Å². The molecule has 1 aromatic rings. The summed E-state index contributed by atoms with van der Waals surface area (Å²) in [5.41, 5.74) is 6.84. The molecule has 0 saturated carbocycles. The van der Waals surface area contributed by atoms with Gasteiger partial charge in [-0.15, -0.1) is 19.0 Å². The van der Waals surface area contributed by atoms with Crippen LogP contribution in [0.15, 0.2) is 35.3 Å². The number of benzene rings is 1. The van der Waals surface area contributed by atoms with Gasteiger partial charge in [0.2, 0.25) is 0 Å². The highest BCUT2D eigenvalue weighted by molar-refractivity contribution is 9.10. The van der Waals surface area contributed by atoms with Gasteiger partial charge < -0.3 is 10.8 Å². The Morgan fingerprint density at radius 3 is 2.71 bits per heavy atom. The van der Waals surface area contributed by atoms with E-state index in [0.717, 1.165) is 12.0 Å². The summed E-state index contributed by atoms with van der Waals surface area (Å²) in [5.74, 6) is 0.231. The quantitative estimate of drug-likeness (QED) is 0.834. The molecule has 0 radical (unpaired) electrons. The normalized spacial score (nSPS) is 11.6. The molecule has 1 atom stereocenters. The minimum absolute atomic E-state index is 0. The third-order valence-corrected chi connectivity index (χ3v) is 2.46. The second kappa shape index (κ2) is 6.06. The van der Waals surface area contributed by atoms with Crippen LogP contribution in [0.3, 0.4) is 0 Å². The van der Waals surface area contributed by atoms with Gasteiger partial charge in [0.15, 0.2) is 0 Å². The average Bonchev–Trinajstić information content (AvgIpc) is 2.10. The lowest BCUT2D eigenvalue weighted by Crippen LogP contribution is -2.08. The maximum atomic E-state index is 9.25. The van der Waals surface area contributed by atoms with E-state index >= 15 is 0 Å². The highest BCUT2D eigenvalue weighted by Gasteiger charge is 2.05. The fourth-order valence-corrected chi connectivity index (χ4v) is 1.47. The molecule has 0 heterocycles. The summed E-state index contributed by atoms with van der Waals surface area (Å²) in [6.07, 6.45) is 2.52. The summed E-state index contributed by atoms with van der Waals surface area (Å²) in [6, 6.07) is 5.22. The minimum Gasteiger partial charge on any atom is -0.507 e. The maximum Gasteiger partial charge on any atom is 0.129 e. The van der Waals surface area contributed by atoms with Gasteiger partial charge in [-0.05, 0) is 40.0 Å². The third-order valence-electron chi connectivity index (χ3n) is 1.82. The SMILES string of the molecule is C=CC[C@@H](N)c1ccc(O)c(Br)c1.Cl. The lowest BCUT2D eigenvalue weighted by Gasteiger charge is -2.09. The second-order valence-corrected chi connectivity index (χ2v) is 3.70. The number of rotatable bonds is 3. The number of aromatic hydroxyl groups is 1. The van der Waals surface area contributed by atoms with E-state index in [1.807, 2.05) is 12.1 Å². The van der Waals surface area contributed by atoms with Gasteiger partial charge in [-0.3, -0.25) is 0 Å². The van der Waals surface area contributed by atoms with E-state index < -0.39 is 0 Å². The number of phenolic OH excluding ortho intramolecular Hbond substituents is 1. The number of phenols is 1. The monoisotopic (exact) mass is 277 g/mol. The predicted molar refractivity (Wildman–Crippen MR) is 64.8 cm³/mol. The molecule has 4 heteroatoms. The van der Waals surface area contributed by atoms with Crippen molar-refractivity contribution in [1.82, 2.24) is 0 Å². The Bertz CT molecular complexity index is 317. The van der Waals surface area contributed by atoms with E-state index in [4.69, 9.17) is 5.73 Å². The number of halogens is 2. The Hall–Kier alpha value is -0.510. The van der Waals surface area contributed by atoms with Crippen molar-refractivity contribution >= 4 is 28.3 Å². The molecule has 0 saturated heterocycles. The zero-order valence-electron chi connectivity index (χ0n) is 7.61. The zero-order valence-corrected chi connectivity index (χ0v) is 10.0. The zero-order chi connectivity index (χ0) is 9.84. The van der Waals surface area contributed by atoms with Crippen LogP contribution in [0.5, 0.6) is 5.75 Å². The molecule has 0 aromatic heterocycles. The van der Waals surface area contributed by atoms with Crippen LogP contribution in [-0.4, -0.2) is 5.11 Å². The maximum absolute atomic E-state index is 9.25. The van der Waals surface area contributed by atoms with Gasteiger partial charge in [0.05, 0.1) is 4.47 Å². The summed E-state index contributed by atoms with van der Waals surface area (Å²) in [5, 5.41) is 9.25. The van der Waals surface area contributed by atoms with Crippen LogP contribution in [0, 0.1) is 0 Å². The van der Waals surface area contributed by atoms with Crippen LogP contribution in [0.25, 0.3) is 0 Å². The average molecular weight is 279 g/mol. The molecule has 78 valence electrons. The first-order chi connectivity index (χ1) is 6.15. The first-order valence-electron chi connectivity index (χ1n) is 4.00. The predicted octanol–water partition coefficient (Wildman–Crippen LogP) is 3.15. The smallest absolute Gasteiger partial charge is 0.129 e. The van der Waals surface area contributed by atoms with Crippen molar-refractivity contribution < 1.29 is 5.11 Å². The molecule has 0 bridgehead atoms. The summed E-state index contributed by atoms with van der Waals surface area (Å²) in [7, 11) is 0. The molecule has 3 N–H and O–H groups in total. The largest absolute Gasteiger partial charge is 0.507 e. The van der Waals surface area contributed by atoms with E-state index in [-0.39, 0.29) is 24.2 Å². The van der Waals surface area contributed by atoms with Gasteiger partial charge in [0.1, 0.15) is 5.75 Å². The van der Waals surface area contributed by atoms with Gasteiger partial charge in [-0.2, -0.15) is 0 Å². The van der Waals surface area contributed by atoms with Gasteiger partial charge >= 0.3 is 0 Å². The van der Waals surface area contributed by atoms with E-state index in [9.17, 15) is 5.11 Å². The van der Waals surface area contributed by atoms with E-state index in [0.29, 0.717) is 4.47 Å². The Morgan fingerprint density at radius 1 is 1.57 bits per heavy atom. The molecule has 0 aliphatic heterocycles. The Morgan fingerprint density at radius 2 is 2.21 bits per heavy atom. The van der Waals surface area contributed by atoms with Crippen molar-refractivity contribution in [2.45, 2.75) is 12.5 Å². The summed E-state index contributed by atoms with van der Waals surface area (Å²) in [6.45, 7) is 3.63. The summed E-state index contributed by atoms with van der Waals surface area (Å²) < 4.78 is 0.671. The Balaban J connectivity index is 0.00000169. The molecule has 2 nitrogen and oxygen atoms in total. The Labute approximate surface area is 98.4 Å². The van der Waals surface area contributed by atoms with Crippen LogP contribution in [0.4, 0.5) is 0 Å². The fraction of sp³-hybridized carbons (Fsp3) is 0.200. The fourth-order valence-electron chi connectivity index (χ4n) is 1.07. The van der Waals surface area contributed by atoms with Crippen LogP contribution in [0.2, 0.25) is 0 Å². The van der Waals surface area contributed by atoms with Crippen molar-refractivity contribution in [2.75, 3.05) is 0 Å². The van der Waals surface area contributed by atoms with Gasteiger partial charge in [-0.1, -0.05) is 12.1 Å². The van der Waals surface area contributed by atoms with Crippen molar-refractivity contribution in [2.24, 2.45) is 5.73 Å². The molecule has 0 spiro atoms. The number of hydrogen-bond acceptors (Lipinski definition) is 2. The first kappa shape index (κ1) is 13.5. The molecule has 0 aliphatic carbocycles. The molecular formula is C10H13BrClNO. The van der Waals surface area contributed by atoms with Gasteiger partial charge in [-0.25, -0.2) is 0 Å². The summed E-state index contributed by atoms with van der Waals surface area (Å²) in [4.78, 5) is 0. The van der Waals surface area contributed by atoms with Crippen molar-refractivity contribution in [3.05, 3.63) is 40.9 Å². The minimum atomic E-state index is -0.0469. The molecule has 0 aliphatic rings. The van der Waals surface area contributed by atoms with Crippen molar-refractivity contribution in [1.29, 1.82) is 0 Å². The first-order valence-corrected chi connectivity index (χ1v) is 4.79. The molecule has 1 aromatic carbocycles. The molecule has 0 unspecified atom stereocenters. The number of nitrogens with two attached hydrogens (primary N) is 1. The molecule has 0 amide bonds. The van der Waals surface area contributed by atoms with Crippen LogP contribution in [-0.2, 0) is 0 Å². The topological polar surface area (TPSA) is 46.2 Å². The summed E-state index contributed by atoms with van der Waals surface area (Å²) >= 11 is 3.23. The van der Waals surface area contributed by atoms with Crippen LogP contribution in [0.1, 0.15) is 18.0 Å². The molecule has 1 rings (SSSR count). The highest BCUT2D eigenvalue weighted by atomic mass is 79.9. The van der Waals surface area contributed by atoms with Gasteiger partial charge in [0, 0.05) is 6.04 Å². The Kier molecular flexibility index (Phi) is 5.84. The highest BCUT2D eigenvalue weighted by Crippen LogP contribution is 2.27. The van der Waals surface area contributed by atoms with E-state index in [1.54, 1.807) is 12.1 Å². The third kappa shape index (κ3) is 3.33. The van der Waals surface area contributed by atoms with Crippen molar-refractivity contribution in [3.63, 3.8) is 0 Å². The lowest BCUT2D eigenvalue weighted by molar-refractivity contribution is 0.471. The number of hydrogen-bond donors (Lipinski definition) is 2. The molecular weight excluding hydrogens is 265 g/mol. The standard InChI is InChI=1S/C10H12BrNO.ClH/c1-2-3-9(12)7-4-5-10(13)8(11)6-7;/h2,4-6,9,13H,1,3,12H2;1H/t9-;/m1./s1. The van der Waals surface area contributed by atoms with Crippen LogP contribution < -0.4 is 5.73 Å². The van der Waals surface area contributed by atoms with E-state index in [2.05, 4.69) is 22.5 Å². The van der Waals surface area contributed by atoms with Crippen LogP contribution >= 0.6 is 28.3 Å². The lowest BCUT2D eigenvalue weighted by atomic mass is 10.1. The van der Waals surface area contributed by atoms with Crippen molar-refractivity contribution in [3.8, 4) is 5.75 Å². The van der Waals surface area contributed by atoms with E-state index in [1.165, 1.54) is 0 Å². The molecule has 0 fully saturated rings. The second-order valence-electron chi connectivity index (χ2n) is 2.84. The molecule has 14 heavy (non-hydrogen) atoms.